The van der Waals surface area contributed by atoms with Crippen molar-refractivity contribution < 1.29 is 0 Å². The molecule has 0 bridgehead atoms. The zero-order chi connectivity index (χ0) is 8.43. The summed E-state index contributed by atoms with van der Waals surface area (Å²) >= 11 is 0. The smallest absolute Gasteiger partial charge is 0.0977 e. The number of rotatable bonds is 2. The Morgan fingerprint density at radius 3 is 2.55 bits per heavy atom. The van der Waals surface area contributed by atoms with Gasteiger partial charge in [-0.15, -0.1) is 0 Å². The van der Waals surface area contributed by atoms with E-state index in [9.17, 15) is 0 Å². The molecule has 1 rings (SSSR count). The Morgan fingerprint density at radius 2 is 2.18 bits per heavy atom. The van der Waals surface area contributed by atoms with Gasteiger partial charge in [-0.1, -0.05) is 6.92 Å². The van der Waals surface area contributed by atoms with E-state index in [2.05, 4.69) is 43.8 Å². The first-order valence-electron chi connectivity index (χ1n) is 4.33. The fourth-order valence-corrected chi connectivity index (χ4v) is 1.47. The van der Waals surface area contributed by atoms with Gasteiger partial charge in [-0.05, 0) is 20.3 Å². The Hall–Kier alpha value is -0.660. The van der Waals surface area contributed by atoms with Crippen LogP contribution >= 0.6 is 0 Å². The molecule has 1 heterocycles. The molecule has 1 unspecified atom stereocenters. The van der Waals surface area contributed by atoms with Crippen molar-refractivity contribution in [3.8, 4) is 0 Å². The summed E-state index contributed by atoms with van der Waals surface area (Å²) in [7, 11) is 2.14. The first-order valence-corrected chi connectivity index (χ1v) is 4.33. The first-order chi connectivity index (χ1) is 5.16. The van der Waals surface area contributed by atoms with Crippen LogP contribution in [0.5, 0.6) is 0 Å². The van der Waals surface area contributed by atoms with Crippen LogP contribution in [0.4, 0.5) is 0 Å². The average Bonchev–Trinajstić information content (AvgIpc) is 2.19. The molecule has 0 aromatic heterocycles. The molecule has 1 aliphatic rings. The Bertz CT molecular complexity index is 163. The maximum atomic E-state index is 2.38. The van der Waals surface area contributed by atoms with E-state index in [1.165, 1.54) is 18.7 Å². The summed E-state index contributed by atoms with van der Waals surface area (Å²) in [6, 6.07) is 0. The van der Waals surface area contributed by atoms with Gasteiger partial charge >= 0.3 is 0 Å². The maximum Gasteiger partial charge on any atom is 0.0977 e. The molecule has 64 valence electrons. The largest absolute Gasteiger partial charge is 0.357 e. The van der Waals surface area contributed by atoms with Crippen LogP contribution in [0.15, 0.2) is 11.9 Å². The van der Waals surface area contributed by atoms with Gasteiger partial charge in [0.15, 0.2) is 0 Å². The molecule has 0 aromatic carbocycles. The van der Waals surface area contributed by atoms with E-state index in [4.69, 9.17) is 0 Å². The van der Waals surface area contributed by atoms with Crippen molar-refractivity contribution in [2.24, 2.45) is 0 Å². The summed E-state index contributed by atoms with van der Waals surface area (Å²) in [6.07, 6.45) is 4.02. The van der Waals surface area contributed by atoms with Gasteiger partial charge in [-0.2, -0.15) is 0 Å². The summed E-state index contributed by atoms with van der Waals surface area (Å²) in [5.41, 5.74) is 1.37. The molecular weight excluding hydrogens is 136 g/mol. The van der Waals surface area contributed by atoms with Crippen LogP contribution in [0.1, 0.15) is 27.2 Å². The van der Waals surface area contributed by atoms with Gasteiger partial charge in [0.25, 0.3) is 0 Å². The van der Waals surface area contributed by atoms with Crippen molar-refractivity contribution in [3.63, 3.8) is 0 Å². The number of hydrogen-bond donors (Lipinski definition) is 0. The molecule has 2 nitrogen and oxygen atoms in total. The SMILES string of the molecule is CCCN1C=C(C)N(C)C1C. The van der Waals surface area contributed by atoms with Crippen LogP contribution in [-0.4, -0.2) is 29.6 Å². The van der Waals surface area contributed by atoms with Gasteiger partial charge < -0.3 is 9.80 Å². The standard InChI is InChI=1S/C9H18N2/c1-5-6-11-7-8(2)10(4)9(11)3/h7,9H,5-6H2,1-4H3. The van der Waals surface area contributed by atoms with Crippen molar-refractivity contribution in [2.45, 2.75) is 33.4 Å². The minimum atomic E-state index is 0.551. The van der Waals surface area contributed by atoms with Gasteiger partial charge in [0.05, 0.1) is 6.17 Å². The van der Waals surface area contributed by atoms with Crippen molar-refractivity contribution in [1.82, 2.24) is 9.80 Å². The zero-order valence-corrected chi connectivity index (χ0v) is 7.96. The molecule has 2 heteroatoms. The van der Waals surface area contributed by atoms with Gasteiger partial charge in [0.2, 0.25) is 0 Å². The normalized spacial score (nSPS) is 24.4. The van der Waals surface area contributed by atoms with Gasteiger partial charge in [-0.3, -0.25) is 0 Å². The van der Waals surface area contributed by atoms with Gasteiger partial charge in [0.1, 0.15) is 0 Å². The summed E-state index contributed by atoms with van der Waals surface area (Å²) in [5.74, 6) is 0. The predicted octanol–water partition coefficient (Wildman–Crippen LogP) is 1.85. The van der Waals surface area contributed by atoms with Crippen molar-refractivity contribution in [3.05, 3.63) is 11.9 Å². The lowest BCUT2D eigenvalue weighted by molar-refractivity contribution is 0.188. The number of nitrogens with zero attached hydrogens (tertiary/aromatic N) is 2. The minimum Gasteiger partial charge on any atom is -0.357 e. The minimum absolute atomic E-state index is 0.551. The highest BCUT2D eigenvalue weighted by Gasteiger charge is 2.21. The molecule has 0 amide bonds. The highest BCUT2D eigenvalue weighted by molar-refractivity contribution is 5.04. The average molecular weight is 154 g/mol. The third kappa shape index (κ3) is 1.50. The molecule has 0 radical (unpaired) electrons. The molecular formula is C9H18N2. The van der Waals surface area contributed by atoms with Crippen molar-refractivity contribution in [1.29, 1.82) is 0 Å². The lowest BCUT2D eigenvalue weighted by Crippen LogP contribution is -2.34. The first kappa shape index (κ1) is 8.44. The Balaban J connectivity index is 2.57. The Kier molecular flexibility index (Phi) is 2.42. The molecule has 0 saturated carbocycles. The van der Waals surface area contributed by atoms with Crippen LogP contribution in [0, 0.1) is 0 Å². The molecule has 0 saturated heterocycles. The maximum absolute atomic E-state index is 2.38. The van der Waals surface area contributed by atoms with Gasteiger partial charge in [0, 0.05) is 25.5 Å². The molecule has 11 heavy (non-hydrogen) atoms. The number of allylic oxidation sites excluding steroid dienone is 1. The van der Waals surface area contributed by atoms with Crippen LogP contribution < -0.4 is 0 Å². The van der Waals surface area contributed by atoms with E-state index >= 15 is 0 Å². The van der Waals surface area contributed by atoms with E-state index < -0.39 is 0 Å². The molecule has 1 atom stereocenters. The molecule has 0 fully saturated rings. The van der Waals surface area contributed by atoms with Crippen molar-refractivity contribution in [2.75, 3.05) is 13.6 Å². The lowest BCUT2D eigenvalue weighted by atomic mass is 10.4. The van der Waals surface area contributed by atoms with E-state index in [0.717, 1.165) is 0 Å². The van der Waals surface area contributed by atoms with E-state index in [1.807, 2.05) is 0 Å². The second kappa shape index (κ2) is 3.16. The molecule has 0 spiro atoms. The molecule has 1 aliphatic heterocycles. The Labute approximate surface area is 69.5 Å². The predicted molar refractivity (Wildman–Crippen MR) is 48.0 cm³/mol. The van der Waals surface area contributed by atoms with E-state index in [-0.39, 0.29) is 0 Å². The topological polar surface area (TPSA) is 6.48 Å². The zero-order valence-electron chi connectivity index (χ0n) is 7.96. The molecule has 0 N–H and O–H groups in total. The van der Waals surface area contributed by atoms with E-state index in [0.29, 0.717) is 6.17 Å². The van der Waals surface area contributed by atoms with Gasteiger partial charge in [-0.25, -0.2) is 0 Å². The summed E-state index contributed by atoms with van der Waals surface area (Å²) in [5, 5.41) is 0. The Morgan fingerprint density at radius 1 is 1.55 bits per heavy atom. The van der Waals surface area contributed by atoms with Crippen LogP contribution in [-0.2, 0) is 0 Å². The summed E-state index contributed by atoms with van der Waals surface area (Å²) in [4.78, 5) is 4.69. The van der Waals surface area contributed by atoms with E-state index in [1.54, 1.807) is 0 Å². The molecule has 0 aromatic rings. The quantitative estimate of drug-likeness (QED) is 0.599. The third-order valence-corrected chi connectivity index (χ3v) is 2.43. The fourth-order valence-electron chi connectivity index (χ4n) is 1.47. The van der Waals surface area contributed by atoms with Crippen LogP contribution in [0.2, 0.25) is 0 Å². The highest BCUT2D eigenvalue weighted by Crippen LogP contribution is 2.19. The van der Waals surface area contributed by atoms with Crippen molar-refractivity contribution >= 4 is 0 Å². The third-order valence-electron chi connectivity index (χ3n) is 2.43. The molecule has 0 aliphatic carbocycles. The second-order valence-corrected chi connectivity index (χ2v) is 3.25. The van der Waals surface area contributed by atoms with Crippen LogP contribution in [0.3, 0.4) is 0 Å². The highest BCUT2D eigenvalue weighted by atomic mass is 15.4. The summed E-state index contributed by atoms with van der Waals surface area (Å²) in [6.45, 7) is 7.78. The summed E-state index contributed by atoms with van der Waals surface area (Å²) < 4.78 is 0. The second-order valence-electron chi connectivity index (χ2n) is 3.25. The van der Waals surface area contributed by atoms with Crippen LogP contribution in [0.25, 0.3) is 0 Å². The monoisotopic (exact) mass is 154 g/mol. The number of hydrogen-bond acceptors (Lipinski definition) is 2. The fraction of sp³-hybridized carbons (Fsp3) is 0.778. The lowest BCUT2D eigenvalue weighted by Gasteiger charge is -2.27.